The van der Waals surface area contributed by atoms with Crippen LogP contribution in [0, 0.1) is 0 Å². The molecule has 2 N–H and O–H groups in total. The van der Waals surface area contributed by atoms with Crippen molar-refractivity contribution in [2.45, 2.75) is 38.5 Å². The maximum Gasteiger partial charge on any atom is 0.252 e. The SMILES string of the molecule is CN(C)CCCNC(=O)c1ccc(NCCC2=CCCCC2)nc1. The minimum atomic E-state index is -0.0554. The van der Waals surface area contributed by atoms with Gasteiger partial charge in [-0.2, -0.15) is 0 Å². The van der Waals surface area contributed by atoms with E-state index < -0.39 is 0 Å². The second-order valence-corrected chi connectivity index (χ2v) is 6.63. The second-order valence-electron chi connectivity index (χ2n) is 6.63. The molecule has 1 aromatic heterocycles. The van der Waals surface area contributed by atoms with Gasteiger partial charge in [-0.3, -0.25) is 4.79 Å². The van der Waals surface area contributed by atoms with E-state index in [4.69, 9.17) is 0 Å². The van der Waals surface area contributed by atoms with Crippen molar-refractivity contribution in [1.82, 2.24) is 15.2 Å². The lowest BCUT2D eigenvalue weighted by Crippen LogP contribution is -2.27. The molecule has 1 aliphatic carbocycles. The van der Waals surface area contributed by atoms with Crippen molar-refractivity contribution >= 4 is 11.7 Å². The van der Waals surface area contributed by atoms with E-state index in [9.17, 15) is 4.79 Å². The van der Waals surface area contributed by atoms with Gasteiger partial charge in [0.25, 0.3) is 5.91 Å². The van der Waals surface area contributed by atoms with E-state index >= 15 is 0 Å². The molecule has 5 heteroatoms. The Hall–Kier alpha value is -1.88. The third-order valence-electron chi connectivity index (χ3n) is 4.23. The molecule has 0 fully saturated rings. The Morgan fingerprint density at radius 1 is 1.25 bits per heavy atom. The predicted octanol–water partition coefficient (Wildman–Crippen LogP) is 3.07. The maximum atomic E-state index is 12.0. The van der Waals surface area contributed by atoms with E-state index in [-0.39, 0.29) is 5.91 Å². The first-order valence-corrected chi connectivity index (χ1v) is 8.96. The highest BCUT2D eigenvalue weighted by Gasteiger charge is 2.06. The number of pyridine rings is 1. The van der Waals surface area contributed by atoms with Crippen LogP contribution in [0.2, 0.25) is 0 Å². The zero-order chi connectivity index (χ0) is 17.2. The van der Waals surface area contributed by atoms with E-state index in [2.05, 4.69) is 26.6 Å². The van der Waals surface area contributed by atoms with Gasteiger partial charge >= 0.3 is 0 Å². The van der Waals surface area contributed by atoms with E-state index in [0.717, 1.165) is 31.7 Å². The molecule has 132 valence electrons. The van der Waals surface area contributed by atoms with Crippen LogP contribution in [0.25, 0.3) is 0 Å². The largest absolute Gasteiger partial charge is 0.370 e. The van der Waals surface area contributed by atoms with Gasteiger partial charge in [0.1, 0.15) is 5.82 Å². The van der Waals surface area contributed by atoms with Crippen molar-refractivity contribution in [3.05, 3.63) is 35.5 Å². The summed E-state index contributed by atoms with van der Waals surface area (Å²) >= 11 is 0. The van der Waals surface area contributed by atoms with Gasteiger partial charge in [0.15, 0.2) is 0 Å². The first kappa shape index (κ1) is 18.5. The second kappa shape index (κ2) is 10.1. The Morgan fingerprint density at radius 3 is 2.79 bits per heavy atom. The summed E-state index contributed by atoms with van der Waals surface area (Å²) in [5.74, 6) is 0.774. The lowest BCUT2D eigenvalue weighted by atomic mass is 9.97. The third-order valence-corrected chi connectivity index (χ3v) is 4.23. The summed E-state index contributed by atoms with van der Waals surface area (Å²) in [7, 11) is 4.06. The van der Waals surface area contributed by atoms with Crippen molar-refractivity contribution in [2.24, 2.45) is 0 Å². The van der Waals surface area contributed by atoms with Crippen LogP contribution in [0.1, 0.15) is 48.9 Å². The molecule has 0 atom stereocenters. The lowest BCUT2D eigenvalue weighted by Gasteiger charge is -2.13. The fourth-order valence-corrected chi connectivity index (χ4v) is 2.81. The van der Waals surface area contributed by atoms with Crippen molar-refractivity contribution < 1.29 is 4.79 Å². The summed E-state index contributed by atoms with van der Waals surface area (Å²) in [6.07, 6.45) is 11.2. The Labute approximate surface area is 145 Å². The van der Waals surface area contributed by atoms with E-state index in [0.29, 0.717) is 12.1 Å². The van der Waals surface area contributed by atoms with Crippen LogP contribution >= 0.6 is 0 Å². The summed E-state index contributed by atoms with van der Waals surface area (Å²) in [4.78, 5) is 18.5. The maximum absolute atomic E-state index is 12.0. The third kappa shape index (κ3) is 6.71. The summed E-state index contributed by atoms with van der Waals surface area (Å²) < 4.78 is 0. The highest BCUT2D eigenvalue weighted by molar-refractivity contribution is 5.94. The van der Waals surface area contributed by atoms with Gasteiger partial charge in [-0.25, -0.2) is 4.98 Å². The number of nitrogens with zero attached hydrogens (tertiary/aromatic N) is 2. The van der Waals surface area contributed by atoms with Crippen molar-refractivity contribution in [3.63, 3.8) is 0 Å². The molecule has 0 unspecified atom stereocenters. The van der Waals surface area contributed by atoms with Crippen LogP contribution in [-0.4, -0.2) is 49.5 Å². The van der Waals surface area contributed by atoms with Gasteiger partial charge in [-0.05, 0) is 71.3 Å². The molecule has 1 aromatic rings. The van der Waals surface area contributed by atoms with E-state index in [1.54, 1.807) is 11.8 Å². The van der Waals surface area contributed by atoms with Gasteiger partial charge in [0.2, 0.25) is 0 Å². The Balaban J connectivity index is 1.69. The molecular weight excluding hydrogens is 300 g/mol. The quantitative estimate of drug-likeness (QED) is 0.540. The molecule has 5 nitrogen and oxygen atoms in total. The molecule has 0 spiro atoms. The molecule has 1 amide bonds. The number of allylic oxidation sites excluding steroid dienone is 1. The van der Waals surface area contributed by atoms with Gasteiger partial charge in [-0.15, -0.1) is 0 Å². The number of nitrogens with one attached hydrogen (secondary N) is 2. The molecule has 0 bridgehead atoms. The minimum absolute atomic E-state index is 0.0554. The van der Waals surface area contributed by atoms with Crippen LogP contribution in [0.3, 0.4) is 0 Å². The number of anilines is 1. The highest BCUT2D eigenvalue weighted by atomic mass is 16.1. The van der Waals surface area contributed by atoms with Crippen LogP contribution in [0.4, 0.5) is 5.82 Å². The molecule has 0 aromatic carbocycles. The number of rotatable bonds is 9. The van der Waals surface area contributed by atoms with E-state index in [1.165, 1.54) is 25.7 Å². The smallest absolute Gasteiger partial charge is 0.252 e. The molecule has 0 saturated heterocycles. The Morgan fingerprint density at radius 2 is 2.12 bits per heavy atom. The summed E-state index contributed by atoms with van der Waals surface area (Å²) in [5, 5.41) is 6.26. The number of aromatic nitrogens is 1. The first-order chi connectivity index (χ1) is 11.6. The summed E-state index contributed by atoms with van der Waals surface area (Å²) in [5.41, 5.74) is 2.17. The Bertz CT molecular complexity index is 537. The van der Waals surface area contributed by atoms with Crippen LogP contribution in [-0.2, 0) is 0 Å². The number of amides is 1. The van der Waals surface area contributed by atoms with Gasteiger partial charge < -0.3 is 15.5 Å². The van der Waals surface area contributed by atoms with Crippen molar-refractivity contribution in [2.75, 3.05) is 39.0 Å². The molecule has 0 saturated carbocycles. The lowest BCUT2D eigenvalue weighted by molar-refractivity contribution is 0.0952. The first-order valence-electron chi connectivity index (χ1n) is 8.96. The fraction of sp³-hybridized carbons (Fsp3) is 0.579. The summed E-state index contributed by atoms with van der Waals surface area (Å²) in [6.45, 7) is 2.55. The van der Waals surface area contributed by atoms with Crippen LogP contribution < -0.4 is 10.6 Å². The average molecular weight is 330 g/mol. The monoisotopic (exact) mass is 330 g/mol. The standard InChI is InChI=1S/C19H30N4O/c1-23(2)14-6-12-21-19(24)17-9-10-18(22-15-17)20-13-11-16-7-4-3-5-8-16/h7,9-10,15H,3-6,8,11-14H2,1-2H3,(H,20,22)(H,21,24). The van der Waals surface area contributed by atoms with Crippen molar-refractivity contribution in [1.29, 1.82) is 0 Å². The molecular formula is C19H30N4O. The average Bonchev–Trinajstić information content (AvgIpc) is 2.60. The number of carbonyl (C=O) groups is 1. The summed E-state index contributed by atoms with van der Waals surface area (Å²) in [6, 6.07) is 3.71. The van der Waals surface area contributed by atoms with Crippen LogP contribution in [0.15, 0.2) is 30.0 Å². The molecule has 0 aliphatic heterocycles. The normalized spacial score (nSPS) is 14.4. The van der Waals surface area contributed by atoms with Crippen LogP contribution in [0.5, 0.6) is 0 Å². The Kier molecular flexibility index (Phi) is 7.75. The fourth-order valence-electron chi connectivity index (χ4n) is 2.81. The highest BCUT2D eigenvalue weighted by Crippen LogP contribution is 2.19. The number of hydrogen-bond donors (Lipinski definition) is 2. The molecule has 1 heterocycles. The van der Waals surface area contributed by atoms with Gasteiger partial charge in [0.05, 0.1) is 5.56 Å². The van der Waals surface area contributed by atoms with E-state index in [1.807, 2.05) is 26.2 Å². The number of hydrogen-bond acceptors (Lipinski definition) is 4. The molecule has 1 aliphatic rings. The van der Waals surface area contributed by atoms with Gasteiger partial charge in [-0.1, -0.05) is 11.6 Å². The minimum Gasteiger partial charge on any atom is -0.370 e. The predicted molar refractivity (Wildman–Crippen MR) is 99.4 cm³/mol. The zero-order valence-corrected chi connectivity index (χ0v) is 15.0. The topological polar surface area (TPSA) is 57.3 Å². The number of carbonyl (C=O) groups excluding carboxylic acids is 1. The van der Waals surface area contributed by atoms with Gasteiger partial charge in [0, 0.05) is 19.3 Å². The zero-order valence-electron chi connectivity index (χ0n) is 15.0. The molecule has 2 rings (SSSR count). The van der Waals surface area contributed by atoms with Crippen molar-refractivity contribution in [3.8, 4) is 0 Å². The molecule has 24 heavy (non-hydrogen) atoms. The molecule has 0 radical (unpaired) electrons.